The minimum Gasteiger partial charge on any atom is -0.481 e. The van der Waals surface area contributed by atoms with Crippen molar-refractivity contribution in [3.8, 4) is 16.3 Å². The van der Waals surface area contributed by atoms with Gasteiger partial charge in [-0.2, -0.15) is 0 Å². The van der Waals surface area contributed by atoms with E-state index in [1.165, 1.54) is 11.3 Å². The van der Waals surface area contributed by atoms with Crippen LogP contribution in [0.3, 0.4) is 0 Å². The van der Waals surface area contributed by atoms with Gasteiger partial charge in [0.2, 0.25) is 0 Å². The molecule has 0 radical (unpaired) electrons. The summed E-state index contributed by atoms with van der Waals surface area (Å²) >= 11 is 3.03. The Bertz CT molecular complexity index is 739. The number of nitrogens with zero attached hydrogens (tertiary/aromatic N) is 1. The molecule has 6 heteroatoms. The quantitative estimate of drug-likeness (QED) is 0.760. The van der Waals surface area contributed by atoms with Gasteiger partial charge in [0.1, 0.15) is 5.75 Å². The summed E-state index contributed by atoms with van der Waals surface area (Å²) in [5.41, 5.74) is 0.881. The maximum Gasteiger partial charge on any atom is 0.266 e. The smallest absolute Gasteiger partial charge is 0.266 e. The van der Waals surface area contributed by atoms with E-state index >= 15 is 0 Å². The van der Waals surface area contributed by atoms with Gasteiger partial charge in [0.15, 0.2) is 11.2 Å². The van der Waals surface area contributed by atoms with Crippen LogP contribution >= 0.6 is 22.7 Å². The number of para-hydroxylation sites is 1. The van der Waals surface area contributed by atoms with E-state index in [0.29, 0.717) is 10.9 Å². The monoisotopic (exact) mass is 330 g/mol. The van der Waals surface area contributed by atoms with Gasteiger partial charge in [-0.25, -0.2) is 4.98 Å². The summed E-state index contributed by atoms with van der Waals surface area (Å²) in [6.45, 7) is 1.72. The van der Waals surface area contributed by atoms with E-state index in [9.17, 15) is 4.79 Å². The number of anilines is 1. The molecule has 0 saturated carbocycles. The van der Waals surface area contributed by atoms with Crippen LogP contribution in [0.2, 0.25) is 0 Å². The second kappa shape index (κ2) is 6.72. The lowest BCUT2D eigenvalue weighted by molar-refractivity contribution is -0.122. The summed E-state index contributed by atoms with van der Waals surface area (Å²) in [5.74, 6) is 0.458. The van der Waals surface area contributed by atoms with Gasteiger partial charge in [-0.15, -0.1) is 22.7 Å². The number of carbonyl (C=O) groups is 1. The molecule has 112 valence electrons. The lowest BCUT2D eigenvalue weighted by Gasteiger charge is -2.13. The third-order valence-corrected chi connectivity index (χ3v) is 4.58. The van der Waals surface area contributed by atoms with Crippen LogP contribution in [-0.4, -0.2) is 17.0 Å². The normalized spacial score (nSPS) is 11.9. The van der Waals surface area contributed by atoms with Crippen molar-refractivity contribution < 1.29 is 9.53 Å². The van der Waals surface area contributed by atoms with Crippen molar-refractivity contribution in [1.29, 1.82) is 0 Å². The first kappa shape index (κ1) is 14.7. The minimum atomic E-state index is -0.587. The van der Waals surface area contributed by atoms with Crippen molar-refractivity contribution in [3.63, 3.8) is 0 Å². The van der Waals surface area contributed by atoms with E-state index in [-0.39, 0.29) is 5.91 Å². The van der Waals surface area contributed by atoms with E-state index in [1.54, 1.807) is 18.3 Å². The second-order valence-electron chi connectivity index (χ2n) is 4.58. The van der Waals surface area contributed by atoms with Crippen molar-refractivity contribution in [2.75, 3.05) is 5.32 Å². The van der Waals surface area contributed by atoms with Crippen molar-refractivity contribution in [1.82, 2.24) is 4.98 Å². The molecule has 0 bridgehead atoms. The van der Waals surface area contributed by atoms with Gasteiger partial charge in [-0.05, 0) is 30.5 Å². The first-order valence-electron chi connectivity index (χ1n) is 6.74. The van der Waals surface area contributed by atoms with Gasteiger partial charge < -0.3 is 4.74 Å². The summed E-state index contributed by atoms with van der Waals surface area (Å²) in [7, 11) is 0. The highest BCUT2D eigenvalue weighted by Gasteiger charge is 2.16. The molecular formula is C16H14N2O2S2. The predicted molar refractivity (Wildman–Crippen MR) is 90.6 cm³/mol. The number of thiophene rings is 1. The molecule has 2 heterocycles. The van der Waals surface area contributed by atoms with Crippen LogP contribution in [0.4, 0.5) is 5.13 Å². The minimum absolute atomic E-state index is 0.212. The lowest BCUT2D eigenvalue weighted by atomic mass is 10.3. The van der Waals surface area contributed by atoms with Crippen LogP contribution < -0.4 is 10.1 Å². The highest BCUT2D eigenvalue weighted by atomic mass is 32.1. The number of benzene rings is 1. The maximum atomic E-state index is 12.1. The third kappa shape index (κ3) is 3.52. The standard InChI is InChI=1S/C16H14N2O2S2/c1-11(20-12-6-3-2-4-7-12)15(19)18-16-17-13(10-22-16)14-8-5-9-21-14/h2-11H,1H3,(H,17,18,19). The fourth-order valence-corrected chi connectivity index (χ4v) is 3.31. The fourth-order valence-electron chi connectivity index (χ4n) is 1.83. The Morgan fingerprint density at radius 2 is 2.00 bits per heavy atom. The van der Waals surface area contributed by atoms with Gasteiger partial charge in [0.25, 0.3) is 5.91 Å². The van der Waals surface area contributed by atoms with Gasteiger partial charge >= 0.3 is 0 Å². The first-order valence-corrected chi connectivity index (χ1v) is 8.50. The Hall–Kier alpha value is -2.18. The number of hydrogen-bond donors (Lipinski definition) is 1. The molecule has 2 aromatic heterocycles. The number of hydrogen-bond acceptors (Lipinski definition) is 5. The number of aromatic nitrogens is 1. The van der Waals surface area contributed by atoms with Crippen LogP contribution in [0.1, 0.15) is 6.92 Å². The van der Waals surface area contributed by atoms with E-state index in [1.807, 2.05) is 53.2 Å². The van der Waals surface area contributed by atoms with Crippen LogP contribution in [-0.2, 0) is 4.79 Å². The predicted octanol–water partition coefficient (Wildman–Crippen LogP) is 4.28. The SMILES string of the molecule is CC(Oc1ccccc1)C(=O)Nc1nc(-c2cccs2)cs1. The Morgan fingerprint density at radius 1 is 1.18 bits per heavy atom. The largest absolute Gasteiger partial charge is 0.481 e. The van der Waals surface area contributed by atoms with Gasteiger partial charge in [-0.1, -0.05) is 24.3 Å². The van der Waals surface area contributed by atoms with E-state index in [0.717, 1.165) is 10.6 Å². The van der Waals surface area contributed by atoms with Crippen LogP contribution in [0.15, 0.2) is 53.2 Å². The zero-order chi connectivity index (χ0) is 15.4. The Kier molecular flexibility index (Phi) is 4.50. The third-order valence-electron chi connectivity index (χ3n) is 2.93. The molecule has 0 aliphatic carbocycles. The summed E-state index contributed by atoms with van der Waals surface area (Å²) in [5, 5.41) is 7.31. The Labute approximate surface area is 136 Å². The molecule has 0 aliphatic rings. The number of nitrogens with one attached hydrogen (secondary N) is 1. The molecule has 0 saturated heterocycles. The topological polar surface area (TPSA) is 51.2 Å². The summed E-state index contributed by atoms with van der Waals surface area (Å²) in [4.78, 5) is 17.7. The molecule has 1 N–H and O–H groups in total. The lowest BCUT2D eigenvalue weighted by Crippen LogP contribution is -2.30. The average molecular weight is 330 g/mol. The van der Waals surface area contributed by atoms with Crippen LogP contribution in [0.5, 0.6) is 5.75 Å². The van der Waals surface area contributed by atoms with Crippen molar-refractivity contribution in [2.45, 2.75) is 13.0 Å². The molecule has 3 aromatic rings. The van der Waals surface area contributed by atoms with Gasteiger partial charge in [0.05, 0.1) is 10.6 Å². The Morgan fingerprint density at radius 3 is 2.73 bits per heavy atom. The van der Waals surface area contributed by atoms with Crippen molar-refractivity contribution in [3.05, 3.63) is 53.2 Å². The molecule has 4 nitrogen and oxygen atoms in total. The fraction of sp³-hybridized carbons (Fsp3) is 0.125. The molecule has 1 amide bonds. The highest BCUT2D eigenvalue weighted by molar-refractivity contribution is 7.16. The van der Waals surface area contributed by atoms with Crippen LogP contribution in [0.25, 0.3) is 10.6 Å². The molecule has 1 aromatic carbocycles. The van der Waals surface area contributed by atoms with E-state index in [2.05, 4.69) is 10.3 Å². The molecule has 0 aliphatic heterocycles. The van der Waals surface area contributed by atoms with Gasteiger partial charge in [-0.3, -0.25) is 10.1 Å². The van der Waals surface area contributed by atoms with E-state index in [4.69, 9.17) is 4.74 Å². The molecule has 0 spiro atoms. The maximum absolute atomic E-state index is 12.1. The summed E-state index contributed by atoms with van der Waals surface area (Å²) in [6, 6.07) is 13.3. The van der Waals surface area contributed by atoms with Crippen LogP contribution in [0, 0.1) is 0 Å². The number of ether oxygens (including phenoxy) is 1. The van der Waals surface area contributed by atoms with Crippen molar-refractivity contribution >= 4 is 33.7 Å². The number of thiazole rings is 1. The van der Waals surface area contributed by atoms with Gasteiger partial charge in [0, 0.05) is 5.38 Å². The van der Waals surface area contributed by atoms with Crippen molar-refractivity contribution in [2.24, 2.45) is 0 Å². The second-order valence-corrected chi connectivity index (χ2v) is 6.38. The first-order chi connectivity index (χ1) is 10.7. The summed E-state index contributed by atoms with van der Waals surface area (Å²) < 4.78 is 5.59. The molecule has 3 rings (SSSR count). The van der Waals surface area contributed by atoms with E-state index < -0.39 is 6.10 Å². The molecule has 1 atom stereocenters. The molecule has 1 unspecified atom stereocenters. The zero-order valence-electron chi connectivity index (χ0n) is 11.9. The average Bonchev–Trinajstić information content (AvgIpc) is 3.19. The number of rotatable bonds is 5. The zero-order valence-corrected chi connectivity index (χ0v) is 13.5. The molecule has 22 heavy (non-hydrogen) atoms. The summed E-state index contributed by atoms with van der Waals surface area (Å²) in [6.07, 6.45) is -0.587. The number of amides is 1. The Balaban J connectivity index is 1.62. The molecule has 0 fully saturated rings. The highest BCUT2D eigenvalue weighted by Crippen LogP contribution is 2.28. The number of carbonyl (C=O) groups excluding carboxylic acids is 1. The molecular weight excluding hydrogens is 316 g/mol.